The molecule has 2 aromatic carbocycles. The maximum atomic E-state index is 12.6. The summed E-state index contributed by atoms with van der Waals surface area (Å²) in [5.41, 5.74) is 3.31. The van der Waals surface area contributed by atoms with Crippen LogP contribution in [0.1, 0.15) is 37.3 Å². The van der Waals surface area contributed by atoms with Gasteiger partial charge < -0.3 is 4.90 Å². The van der Waals surface area contributed by atoms with Crippen LogP contribution in [-0.2, 0) is 11.3 Å². The molecule has 3 nitrogen and oxygen atoms in total. The molecule has 0 aromatic heterocycles. The van der Waals surface area contributed by atoms with Gasteiger partial charge in [-0.1, -0.05) is 54.9 Å². The fourth-order valence-corrected chi connectivity index (χ4v) is 3.81. The standard InChI is InChI=1S/C22H27ClN2O/c1-3-22(26)25(20-10-9-17(2)21(23)15-20)19-11-13-24(14-12-19)16-18-7-5-4-6-8-18/h4-10,15,19H,3,11-14,16H2,1-2H3. The molecule has 0 atom stereocenters. The zero-order valence-corrected chi connectivity index (χ0v) is 16.4. The zero-order chi connectivity index (χ0) is 18.5. The summed E-state index contributed by atoms with van der Waals surface area (Å²) < 4.78 is 0. The quantitative estimate of drug-likeness (QED) is 0.734. The molecule has 0 aliphatic carbocycles. The largest absolute Gasteiger partial charge is 0.309 e. The number of rotatable bonds is 5. The topological polar surface area (TPSA) is 23.6 Å². The number of nitrogens with zero attached hydrogens (tertiary/aromatic N) is 2. The summed E-state index contributed by atoms with van der Waals surface area (Å²) in [6.07, 6.45) is 2.49. The zero-order valence-electron chi connectivity index (χ0n) is 15.6. The Kier molecular flexibility index (Phi) is 6.33. The Balaban J connectivity index is 1.69. The molecular weight excluding hydrogens is 344 g/mol. The van der Waals surface area contributed by atoms with E-state index in [0.29, 0.717) is 6.42 Å². The second-order valence-corrected chi connectivity index (χ2v) is 7.45. The third-order valence-corrected chi connectivity index (χ3v) is 5.58. The van der Waals surface area contributed by atoms with Crippen molar-refractivity contribution in [2.75, 3.05) is 18.0 Å². The highest BCUT2D eigenvalue weighted by Gasteiger charge is 2.28. The van der Waals surface area contributed by atoms with Gasteiger partial charge in [-0.2, -0.15) is 0 Å². The van der Waals surface area contributed by atoms with Crippen LogP contribution in [0.3, 0.4) is 0 Å². The first-order valence-corrected chi connectivity index (χ1v) is 9.80. The van der Waals surface area contributed by atoms with Gasteiger partial charge in [0.25, 0.3) is 0 Å². The van der Waals surface area contributed by atoms with Gasteiger partial charge in [0, 0.05) is 42.8 Å². The molecule has 1 saturated heterocycles. The van der Waals surface area contributed by atoms with Crippen LogP contribution in [0.5, 0.6) is 0 Å². The number of halogens is 1. The third-order valence-electron chi connectivity index (χ3n) is 5.18. The number of piperidine rings is 1. The van der Waals surface area contributed by atoms with Crippen LogP contribution in [0.2, 0.25) is 5.02 Å². The molecule has 138 valence electrons. The Morgan fingerprint density at radius 1 is 1.15 bits per heavy atom. The average molecular weight is 371 g/mol. The molecule has 0 N–H and O–H groups in total. The molecule has 0 unspecified atom stereocenters. The lowest BCUT2D eigenvalue weighted by Gasteiger charge is -2.38. The van der Waals surface area contributed by atoms with Crippen LogP contribution in [0.4, 0.5) is 5.69 Å². The van der Waals surface area contributed by atoms with E-state index >= 15 is 0 Å². The van der Waals surface area contributed by atoms with Crippen molar-refractivity contribution in [2.24, 2.45) is 0 Å². The van der Waals surface area contributed by atoms with E-state index in [2.05, 4.69) is 35.2 Å². The summed E-state index contributed by atoms with van der Waals surface area (Å²) in [5.74, 6) is 0.173. The Hall–Kier alpha value is -1.84. The molecule has 0 spiro atoms. The Morgan fingerprint density at radius 2 is 1.85 bits per heavy atom. The van der Waals surface area contributed by atoms with Gasteiger partial charge in [-0.25, -0.2) is 0 Å². The number of likely N-dealkylation sites (tertiary alicyclic amines) is 1. The lowest BCUT2D eigenvalue weighted by atomic mass is 10.0. The maximum absolute atomic E-state index is 12.6. The van der Waals surface area contributed by atoms with E-state index < -0.39 is 0 Å². The predicted octanol–water partition coefficient (Wildman–Crippen LogP) is 5.06. The van der Waals surface area contributed by atoms with E-state index in [0.717, 1.165) is 48.7 Å². The van der Waals surface area contributed by atoms with Gasteiger partial charge in [-0.15, -0.1) is 0 Å². The van der Waals surface area contributed by atoms with Crippen LogP contribution >= 0.6 is 11.6 Å². The van der Waals surface area contributed by atoms with Gasteiger partial charge in [0.2, 0.25) is 5.91 Å². The highest BCUT2D eigenvalue weighted by molar-refractivity contribution is 6.31. The Bertz CT molecular complexity index is 739. The fraction of sp³-hybridized carbons (Fsp3) is 0.409. The first-order valence-electron chi connectivity index (χ1n) is 9.43. The van der Waals surface area contributed by atoms with Crippen LogP contribution in [-0.4, -0.2) is 29.9 Å². The van der Waals surface area contributed by atoms with E-state index in [9.17, 15) is 4.79 Å². The van der Waals surface area contributed by atoms with E-state index in [1.165, 1.54) is 5.56 Å². The minimum absolute atomic E-state index is 0.173. The average Bonchev–Trinajstić information content (AvgIpc) is 2.67. The van der Waals surface area contributed by atoms with E-state index in [-0.39, 0.29) is 11.9 Å². The lowest BCUT2D eigenvalue weighted by Crippen LogP contribution is -2.47. The van der Waals surface area contributed by atoms with E-state index in [4.69, 9.17) is 11.6 Å². The number of benzene rings is 2. The molecule has 1 fully saturated rings. The molecule has 1 heterocycles. The molecule has 1 amide bonds. The molecule has 1 aliphatic rings. The Labute approximate surface area is 161 Å². The van der Waals surface area contributed by atoms with Gasteiger partial charge in [0.1, 0.15) is 0 Å². The molecule has 1 aliphatic heterocycles. The highest BCUT2D eigenvalue weighted by Crippen LogP contribution is 2.29. The second-order valence-electron chi connectivity index (χ2n) is 7.04. The number of carbonyl (C=O) groups is 1. The number of anilines is 1. The van der Waals surface area contributed by atoms with E-state index in [1.54, 1.807) is 0 Å². The summed E-state index contributed by atoms with van der Waals surface area (Å²) in [5, 5.41) is 0.720. The highest BCUT2D eigenvalue weighted by atomic mass is 35.5. The number of aryl methyl sites for hydroxylation is 1. The summed E-state index contributed by atoms with van der Waals surface area (Å²) in [7, 11) is 0. The molecule has 26 heavy (non-hydrogen) atoms. The van der Waals surface area contributed by atoms with Gasteiger partial charge in [-0.3, -0.25) is 9.69 Å². The Morgan fingerprint density at radius 3 is 2.46 bits per heavy atom. The van der Waals surface area contributed by atoms with Gasteiger partial charge >= 0.3 is 0 Å². The van der Waals surface area contributed by atoms with Crippen molar-refractivity contribution < 1.29 is 4.79 Å². The monoisotopic (exact) mass is 370 g/mol. The second kappa shape index (κ2) is 8.70. The maximum Gasteiger partial charge on any atom is 0.226 e. The molecule has 2 aromatic rings. The number of carbonyl (C=O) groups excluding carboxylic acids is 1. The van der Waals surface area contributed by atoms with E-state index in [1.807, 2.05) is 36.9 Å². The first-order chi connectivity index (χ1) is 12.6. The van der Waals surface area contributed by atoms with Crippen molar-refractivity contribution in [3.05, 3.63) is 64.7 Å². The van der Waals surface area contributed by atoms with Crippen LogP contribution in [0.15, 0.2) is 48.5 Å². The molecular formula is C22H27ClN2O. The number of hydrogen-bond donors (Lipinski definition) is 0. The minimum atomic E-state index is 0.173. The van der Waals surface area contributed by atoms with Crippen molar-refractivity contribution in [1.29, 1.82) is 0 Å². The normalized spacial score (nSPS) is 15.8. The minimum Gasteiger partial charge on any atom is -0.309 e. The first kappa shape index (κ1) is 18.9. The number of amides is 1. The molecule has 3 rings (SSSR count). The smallest absolute Gasteiger partial charge is 0.226 e. The summed E-state index contributed by atoms with van der Waals surface area (Å²) >= 11 is 6.31. The summed E-state index contributed by atoms with van der Waals surface area (Å²) in [6.45, 7) is 6.90. The van der Waals surface area contributed by atoms with Gasteiger partial charge in [0.15, 0.2) is 0 Å². The molecule has 4 heteroatoms. The lowest BCUT2D eigenvalue weighted by molar-refractivity contribution is -0.119. The fourth-order valence-electron chi connectivity index (χ4n) is 3.64. The van der Waals surface area contributed by atoms with Crippen LogP contribution in [0.25, 0.3) is 0 Å². The summed E-state index contributed by atoms with van der Waals surface area (Å²) in [6, 6.07) is 16.8. The summed E-state index contributed by atoms with van der Waals surface area (Å²) in [4.78, 5) is 17.1. The predicted molar refractivity (Wildman–Crippen MR) is 109 cm³/mol. The van der Waals surface area contributed by atoms with Gasteiger partial charge in [0.05, 0.1) is 0 Å². The van der Waals surface area contributed by atoms with Crippen molar-refractivity contribution in [3.63, 3.8) is 0 Å². The number of hydrogen-bond acceptors (Lipinski definition) is 2. The molecule has 0 saturated carbocycles. The van der Waals surface area contributed by atoms with Crippen LogP contribution in [0, 0.1) is 6.92 Å². The van der Waals surface area contributed by atoms with Crippen molar-refractivity contribution in [3.8, 4) is 0 Å². The third kappa shape index (κ3) is 4.46. The van der Waals surface area contributed by atoms with Gasteiger partial charge in [-0.05, 0) is 43.0 Å². The van der Waals surface area contributed by atoms with Crippen molar-refractivity contribution in [1.82, 2.24) is 4.90 Å². The van der Waals surface area contributed by atoms with Crippen molar-refractivity contribution in [2.45, 2.75) is 45.7 Å². The molecule has 0 bridgehead atoms. The molecule has 0 radical (unpaired) electrons. The van der Waals surface area contributed by atoms with Crippen LogP contribution < -0.4 is 4.90 Å². The van der Waals surface area contributed by atoms with Crippen molar-refractivity contribution >= 4 is 23.2 Å². The SMILES string of the molecule is CCC(=O)N(c1ccc(C)c(Cl)c1)C1CCN(Cc2ccccc2)CC1.